The minimum atomic E-state index is -3.90. The van der Waals surface area contributed by atoms with Crippen LogP contribution in [0.15, 0.2) is 0 Å². The first-order valence-electron chi connectivity index (χ1n) is 7.53. The Hall–Kier alpha value is -0.500. The zero-order valence-electron chi connectivity index (χ0n) is 14.1. The smallest absolute Gasteiger partial charge is 0.366 e. The summed E-state index contributed by atoms with van der Waals surface area (Å²) in [5, 5.41) is 0. The standard InChI is InChI=1S/C15H26F6O2/c1-10(2)6-12(7-14(18,19)11(3)4)23-15(20,21)9-22-8-13(5,16)17/h10-12H,6-9H2,1-5H3. The fourth-order valence-corrected chi connectivity index (χ4v) is 1.87. The molecule has 1 unspecified atom stereocenters. The fraction of sp³-hybridized carbons (Fsp3) is 1.00. The van der Waals surface area contributed by atoms with E-state index < -0.39 is 49.6 Å². The van der Waals surface area contributed by atoms with Gasteiger partial charge in [-0.25, -0.2) is 17.6 Å². The molecule has 0 aliphatic rings. The van der Waals surface area contributed by atoms with Crippen LogP contribution in [-0.4, -0.2) is 37.3 Å². The fourth-order valence-electron chi connectivity index (χ4n) is 1.87. The second-order valence-corrected chi connectivity index (χ2v) is 6.69. The molecule has 0 rings (SSSR count). The third-order valence-corrected chi connectivity index (χ3v) is 3.04. The normalized spacial score (nSPS) is 15.5. The molecule has 23 heavy (non-hydrogen) atoms. The molecule has 2 nitrogen and oxygen atoms in total. The van der Waals surface area contributed by atoms with Crippen molar-refractivity contribution in [2.45, 2.75) is 71.5 Å². The lowest BCUT2D eigenvalue weighted by molar-refractivity contribution is -0.298. The highest BCUT2D eigenvalue weighted by molar-refractivity contribution is 4.77. The zero-order chi connectivity index (χ0) is 18.5. The first-order valence-corrected chi connectivity index (χ1v) is 7.53. The van der Waals surface area contributed by atoms with Gasteiger partial charge in [-0.3, -0.25) is 0 Å². The number of hydrogen-bond acceptors (Lipinski definition) is 2. The highest BCUT2D eigenvalue weighted by Crippen LogP contribution is 2.34. The average Bonchev–Trinajstić information content (AvgIpc) is 2.23. The van der Waals surface area contributed by atoms with Crippen molar-refractivity contribution in [2.75, 3.05) is 13.2 Å². The van der Waals surface area contributed by atoms with Crippen molar-refractivity contribution in [3.05, 3.63) is 0 Å². The Labute approximate surface area is 133 Å². The Balaban J connectivity index is 4.73. The van der Waals surface area contributed by atoms with Crippen LogP contribution in [0.5, 0.6) is 0 Å². The van der Waals surface area contributed by atoms with E-state index in [4.69, 9.17) is 0 Å². The zero-order valence-corrected chi connectivity index (χ0v) is 14.1. The molecule has 0 aromatic heterocycles. The largest absolute Gasteiger partial charge is 0.379 e. The molecule has 0 radical (unpaired) electrons. The van der Waals surface area contributed by atoms with Crippen molar-refractivity contribution in [3.8, 4) is 0 Å². The van der Waals surface area contributed by atoms with Crippen LogP contribution in [-0.2, 0) is 9.47 Å². The Morgan fingerprint density at radius 1 is 0.870 bits per heavy atom. The van der Waals surface area contributed by atoms with E-state index in [1.165, 1.54) is 13.8 Å². The molecule has 1 atom stereocenters. The van der Waals surface area contributed by atoms with Gasteiger partial charge in [0, 0.05) is 19.3 Å². The summed E-state index contributed by atoms with van der Waals surface area (Å²) >= 11 is 0. The number of rotatable bonds is 11. The second-order valence-electron chi connectivity index (χ2n) is 6.69. The van der Waals surface area contributed by atoms with Crippen LogP contribution in [0.25, 0.3) is 0 Å². The maximum absolute atomic E-state index is 13.8. The molecule has 0 aliphatic heterocycles. The predicted octanol–water partition coefficient (Wildman–Crippen LogP) is 5.36. The molecular formula is C15H26F6O2. The van der Waals surface area contributed by atoms with Crippen LogP contribution in [0.3, 0.4) is 0 Å². The van der Waals surface area contributed by atoms with Gasteiger partial charge in [-0.1, -0.05) is 27.7 Å². The molecule has 0 aromatic rings. The van der Waals surface area contributed by atoms with Gasteiger partial charge in [0.25, 0.3) is 11.8 Å². The van der Waals surface area contributed by atoms with E-state index in [1.807, 2.05) is 0 Å². The number of ether oxygens (including phenoxy) is 2. The highest BCUT2D eigenvalue weighted by atomic mass is 19.3. The summed E-state index contributed by atoms with van der Waals surface area (Å²) in [6.45, 7) is 3.89. The van der Waals surface area contributed by atoms with Gasteiger partial charge in [0.2, 0.25) is 0 Å². The van der Waals surface area contributed by atoms with Crippen molar-refractivity contribution >= 4 is 0 Å². The van der Waals surface area contributed by atoms with Gasteiger partial charge in [0.05, 0.1) is 6.10 Å². The van der Waals surface area contributed by atoms with Crippen LogP contribution in [0.1, 0.15) is 47.5 Å². The minimum Gasteiger partial charge on any atom is -0.366 e. The molecule has 0 aliphatic carbocycles. The molecular weight excluding hydrogens is 326 g/mol. The van der Waals surface area contributed by atoms with Gasteiger partial charge >= 0.3 is 6.11 Å². The van der Waals surface area contributed by atoms with Crippen molar-refractivity contribution in [3.63, 3.8) is 0 Å². The molecule has 0 aromatic carbocycles. The summed E-state index contributed by atoms with van der Waals surface area (Å²) in [4.78, 5) is 0. The minimum absolute atomic E-state index is 0.00182. The van der Waals surface area contributed by atoms with Gasteiger partial charge in [0.15, 0.2) is 0 Å². The Morgan fingerprint density at radius 3 is 1.78 bits per heavy atom. The molecule has 0 bridgehead atoms. The van der Waals surface area contributed by atoms with Gasteiger partial charge in [-0.05, 0) is 12.3 Å². The summed E-state index contributed by atoms with van der Waals surface area (Å²) in [7, 11) is 0. The third-order valence-electron chi connectivity index (χ3n) is 3.04. The molecule has 0 N–H and O–H groups in total. The first kappa shape index (κ1) is 22.5. The van der Waals surface area contributed by atoms with Gasteiger partial charge in [0.1, 0.15) is 13.2 Å². The number of hydrogen-bond donors (Lipinski definition) is 0. The topological polar surface area (TPSA) is 18.5 Å². The van der Waals surface area contributed by atoms with Gasteiger partial charge < -0.3 is 9.47 Å². The average molecular weight is 352 g/mol. The summed E-state index contributed by atoms with van der Waals surface area (Å²) < 4.78 is 88.6. The van der Waals surface area contributed by atoms with Crippen LogP contribution in [0.2, 0.25) is 0 Å². The van der Waals surface area contributed by atoms with E-state index in [-0.39, 0.29) is 12.3 Å². The van der Waals surface area contributed by atoms with E-state index in [0.717, 1.165) is 0 Å². The summed E-state index contributed by atoms with van der Waals surface area (Å²) in [6.07, 6.45) is -6.16. The van der Waals surface area contributed by atoms with Crippen molar-refractivity contribution in [1.29, 1.82) is 0 Å². The molecule has 0 fully saturated rings. The molecule has 0 heterocycles. The van der Waals surface area contributed by atoms with Gasteiger partial charge in [-0.2, -0.15) is 8.78 Å². The Bertz CT molecular complexity index is 339. The lowest BCUT2D eigenvalue weighted by Crippen LogP contribution is -2.39. The van der Waals surface area contributed by atoms with E-state index >= 15 is 0 Å². The third kappa shape index (κ3) is 10.8. The lowest BCUT2D eigenvalue weighted by Gasteiger charge is -2.30. The summed E-state index contributed by atoms with van der Waals surface area (Å²) in [5.74, 6) is -7.57. The van der Waals surface area contributed by atoms with Crippen LogP contribution in [0.4, 0.5) is 26.3 Å². The SMILES string of the molecule is CC(C)CC(CC(F)(F)C(C)C)OC(F)(F)COCC(C)(F)F. The molecule has 8 heteroatoms. The van der Waals surface area contributed by atoms with E-state index in [2.05, 4.69) is 9.47 Å². The van der Waals surface area contributed by atoms with E-state index in [9.17, 15) is 26.3 Å². The predicted molar refractivity (Wildman–Crippen MR) is 75.1 cm³/mol. The van der Waals surface area contributed by atoms with Crippen LogP contribution >= 0.6 is 0 Å². The molecule has 0 amide bonds. The molecule has 0 saturated carbocycles. The number of halogens is 6. The summed E-state index contributed by atoms with van der Waals surface area (Å²) in [5.41, 5.74) is 0. The number of alkyl halides is 6. The maximum atomic E-state index is 13.8. The highest BCUT2D eigenvalue weighted by Gasteiger charge is 2.42. The molecule has 140 valence electrons. The van der Waals surface area contributed by atoms with Crippen molar-refractivity contribution in [2.24, 2.45) is 11.8 Å². The Kier molecular flexibility index (Phi) is 8.37. The van der Waals surface area contributed by atoms with Crippen LogP contribution < -0.4 is 0 Å². The molecule has 0 saturated heterocycles. The molecule has 0 spiro atoms. The first-order chi connectivity index (χ1) is 10.1. The lowest BCUT2D eigenvalue weighted by atomic mass is 9.95. The maximum Gasteiger partial charge on any atom is 0.379 e. The second kappa shape index (κ2) is 8.55. The van der Waals surface area contributed by atoms with E-state index in [0.29, 0.717) is 6.92 Å². The monoisotopic (exact) mass is 352 g/mol. The van der Waals surface area contributed by atoms with E-state index in [1.54, 1.807) is 13.8 Å². The van der Waals surface area contributed by atoms with Crippen LogP contribution in [0, 0.1) is 11.8 Å². The van der Waals surface area contributed by atoms with Crippen molar-refractivity contribution in [1.82, 2.24) is 0 Å². The Morgan fingerprint density at radius 2 is 1.39 bits per heavy atom. The quantitative estimate of drug-likeness (QED) is 0.466. The van der Waals surface area contributed by atoms with Crippen molar-refractivity contribution < 1.29 is 35.8 Å². The summed E-state index contributed by atoms with van der Waals surface area (Å²) in [6, 6.07) is 0. The van der Waals surface area contributed by atoms with Gasteiger partial charge in [-0.15, -0.1) is 0 Å².